The zero-order valence-electron chi connectivity index (χ0n) is 11.3. The van der Waals surface area contributed by atoms with Crippen LogP contribution in [-0.4, -0.2) is 30.0 Å². The Bertz CT molecular complexity index is 515. The molecule has 0 saturated carbocycles. The van der Waals surface area contributed by atoms with E-state index >= 15 is 0 Å². The smallest absolute Gasteiger partial charge is 0.217 e. The second-order valence-corrected chi connectivity index (χ2v) is 5.41. The number of hydrogen-bond acceptors (Lipinski definition) is 3. The molecule has 0 bridgehead atoms. The summed E-state index contributed by atoms with van der Waals surface area (Å²) in [5.74, 6) is 0.0196. The van der Waals surface area contributed by atoms with Gasteiger partial charge in [0.15, 0.2) is 0 Å². The summed E-state index contributed by atoms with van der Waals surface area (Å²) in [5, 5.41) is 2.96. The summed E-state index contributed by atoms with van der Waals surface area (Å²) in [7, 11) is 0. The number of nitrogens with zero attached hydrogens (tertiary/aromatic N) is 1. The number of thiocarbonyl (C=S) groups is 1. The maximum atomic E-state index is 11.1. The standard InChI is InChI=1S/C14H19N3OS/c1-9-4-3-5-12(14(15)19)13(9)17-7-6-11(8-17)16-10(2)18/h3-5,11H,6-8H2,1-2H3,(H2,15,19)(H,16,18). The van der Waals surface area contributed by atoms with E-state index in [4.69, 9.17) is 18.0 Å². The molecular weight excluding hydrogens is 258 g/mol. The number of benzene rings is 1. The first kappa shape index (κ1) is 13.8. The summed E-state index contributed by atoms with van der Waals surface area (Å²) in [4.78, 5) is 13.8. The normalized spacial score (nSPS) is 18.4. The minimum Gasteiger partial charge on any atom is -0.389 e. The molecule has 0 aromatic heterocycles. The highest BCUT2D eigenvalue weighted by molar-refractivity contribution is 7.80. The minimum absolute atomic E-state index is 0.0196. The molecule has 19 heavy (non-hydrogen) atoms. The van der Waals surface area contributed by atoms with Gasteiger partial charge in [0.2, 0.25) is 5.91 Å². The minimum atomic E-state index is 0.0196. The van der Waals surface area contributed by atoms with Crippen molar-refractivity contribution in [2.75, 3.05) is 18.0 Å². The number of para-hydroxylation sites is 1. The van der Waals surface area contributed by atoms with Gasteiger partial charge in [-0.3, -0.25) is 4.79 Å². The number of hydrogen-bond donors (Lipinski definition) is 2. The lowest BCUT2D eigenvalue weighted by atomic mass is 10.1. The Morgan fingerprint density at radius 1 is 1.53 bits per heavy atom. The summed E-state index contributed by atoms with van der Waals surface area (Å²) in [6, 6.07) is 6.18. The molecule has 1 fully saturated rings. The number of carbonyl (C=O) groups is 1. The van der Waals surface area contributed by atoms with E-state index < -0.39 is 0 Å². The molecule has 1 aromatic carbocycles. The van der Waals surface area contributed by atoms with Gasteiger partial charge in [0.25, 0.3) is 0 Å². The number of nitrogens with one attached hydrogen (secondary N) is 1. The maximum absolute atomic E-state index is 11.1. The number of rotatable bonds is 3. The second kappa shape index (κ2) is 5.57. The van der Waals surface area contributed by atoms with E-state index in [2.05, 4.69) is 23.2 Å². The van der Waals surface area contributed by atoms with E-state index in [0.29, 0.717) is 4.99 Å². The van der Waals surface area contributed by atoms with E-state index in [-0.39, 0.29) is 11.9 Å². The van der Waals surface area contributed by atoms with Crippen LogP contribution in [0.5, 0.6) is 0 Å². The monoisotopic (exact) mass is 277 g/mol. The molecule has 1 saturated heterocycles. The number of aryl methyl sites for hydroxylation is 1. The molecule has 1 unspecified atom stereocenters. The molecule has 4 nitrogen and oxygen atoms in total. The Balaban J connectivity index is 2.24. The van der Waals surface area contributed by atoms with Crippen LogP contribution in [0.4, 0.5) is 5.69 Å². The van der Waals surface area contributed by atoms with Crippen molar-refractivity contribution in [1.82, 2.24) is 5.32 Å². The molecule has 1 amide bonds. The van der Waals surface area contributed by atoms with Crippen molar-refractivity contribution in [2.24, 2.45) is 5.73 Å². The summed E-state index contributed by atoms with van der Waals surface area (Å²) in [5.41, 5.74) is 8.98. The molecule has 0 aliphatic carbocycles. The lowest BCUT2D eigenvalue weighted by molar-refractivity contribution is -0.119. The lowest BCUT2D eigenvalue weighted by Gasteiger charge is -2.24. The topological polar surface area (TPSA) is 58.4 Å². The van der Waals surface area contributed by atoms with Crippen LogP contribution < -0.4 is 16.0 Å². The van der Waals surface area contributed by atoms with Gasteiger partial charge in [0.05, 0.1) is 0 Å². The van der Waals surface area contributed by atoms with Gasteiger partial charge in [0, 0.05) is 37.3 Å². The van der Waals surface area contributed by atoms with Crippen molar-refractivity contribution >= 4 is 28.8 Å². The zero-order valence-corrected chi connectivity index (χ0v) is 12.1. The Morgan fingerprint density at radius 3 is 2.89 bits per heavy atom. The van der Waals surface area contributed by atoms with E-state index in [1.54, 1.807) is 6.92 Å². The first-order chi connectivity index (χ1) is 8.99. The average Bonchev–Trinajstić information content (AvgIpc) is 2.75. The molecular formula is C14H19N3OS. The Hall–Kier alpha value is -1.62. The van der Waals surface area contributed by atoms with Crippen LogP contribution in [0.2, 0.25) is 0 Å². The quantitative estimate of drug-likeness (QED) is 0.819. The Labute approximate surface area is 119 Å². The predicted molar refractivity (Wildman–Crippen MR) is 81.5 cm³/mol. The van der Waals surface area contributed by atoms with Gasteiger partial charge in [-0.1, -0.05) is 24.4 Å². The van der Waals surface area contributed by atoms with Gasteiger partial charge in [-0.2, -0.15) is 0 Å². The third-order valence-electron chi connectivity index (χ3n) is 3.42. The van der Waals surface area contributed by atoms with Gasteiger partial charge in [0.1, 0.15) is 4.99 Å². The third kappa shape index (κ3) is 3.04. The van der Waals surface area contributed by atoms with Crippen LogP contribution in [0.3, 0.4) is 0 Å². The maximum Gasteiger partial charge on any atom is 0.217 e. The highest BCUT2D eigenvalue weighted by Crippen LogP contribution is 2.28. The van der Waals surface area contributed by atoms with Crippen molar-refractivity contribution < 1.29 is 4.79 Å². The lowest BCUT2D eigenvalue weighted by Crippen LogP contribution is -2.36. The molecule has 3 N–H and O–H groups in total. The number of amides is 1. The highest BCUT2D eigenvalue weighted by atomic mass is 32.1. The molecule has 1 aliphatic heterocycles. The van der Waals surface area contributed by atoms with Crippen molar-refractivity contribution in [3.8, 4) is 0 Å². The van der Waals surface area contributed by atoms with Gasteiger partial charge in [-0.25, -0.2) is 0 Å². The van der Waals surface area contributed by atoms with Crippen LogP contribution in [0.1, 0.15) is 24.5 Å². The van der Waals surface area contributed by atoms with E-state index in [9.17, 15) is 4.79 Å². The number of carbonyl (C=O) groups excluding carboxylic acids is 1. The summed E-state index contributed by atoms with van der Waals surface area (Å²) in [6.45, 7) is 5.32. The van der Waals surface area contributed by atoms with E-state index in [0.717, 1.165) is 36.3 Å². The molecule has 0 spiro atoms. The molecule has 1 aliphatic rings. The zero-order chi connectivity index (χ0) is 14.0. The van der Waals surface area contributed by atoms with Crippen LogP contribution >= 0.6 is 12.2 Å². The Morgan fingerprint density at radius 2 is 2.26 bits per heavy atom. The van der Waals surface area contributed by atoms with Gasteiger partial charge < -0.3 is 16.0 Å². The number of nitrogens with two attached hydrogens (primary N) is 1. The molecule has 1 aromatic rings. The fourth-order valence-electron chi connectivity index (χ4n) is 2.65. The van der Waals surface area contributed by atoms with Crippen LogP contribution in [0, 0.1) is 6.92 Å². The van der Waals surface area contributed by atoms with Gasteiger partial charge in [-0.05, 0) is 25.0 Å². The number of anilines is 1. The molecule has 102 valence electrons. The fourth-order valence-corrected chi connectivity index (χ4v) is 2.81. The van der Waals surface area contributed by atoms with Crippen LogP contribution in [0.25, 0.3) is 0 Å². The predicted octanol–water partition coefficient (Wildman–Crippen LogP) is 1.34. The first-order valence-corrected chi connectivity index (χ1v) is 6.81. The van der Waals surface area contributed by atoms with Crippen molar-refractivity contribution in [1.29, 1.82) is 0 Å². The average molecular weight is 277 g/mol. The largest absolute Gasteiger partial charge is 0.389 e. The molecule has 5 heteroatoms. The third-order valence-corrected chi connectivity index (χ3v) is 3.63. The second-order valence-electron chi connectivity index (χ2n) is 4.97. The van der Waals surface area contributed by atoms with Gasteiger partial charge in [-0.15, -0.1) is 0 Å². The SMILES string of the molecule is CC(=O)NC1CCN(c2c(C)cccc2C(N)=S)C1. The molecule has 2 rings (SSSR count). The Kier molecular flexibility index (Phi) is 4.04. The van der Waals surface area contributed by atoms with Crippen LogP contribution in [0.15, 0.2) is 18.2 Å². The van der Waals surface area contributed by atoms with E-state index in [1.165, 1.54) is 0 Å². The highest BCUT2D eigenvalue weighted by Gasteiger charge is 2.26. The van der Waals surface area contributed by atoms with Gasteiger partial charge >= 0.3 is 0 Å². The summed E-state index contributed by atoms with van der Waals surface area (Å²) < 4.78 is 0. The fraction of sp³-hybridized carbons (Fsp3) is 0.429. The van der Waals surface area contributed by atoms with Crippen LogP contribution in [-0.2, 0) is 4.79 Å². The van der Waals surface area contributed by atoms with Crippen molar-refractivity contribution in [2.45, 2.75) is 26.3 Å². The molecule has 1 heterocycles. The molecule has 1 atom stereocenters. The first-order valence-electron chi connectivity index (χ1n) is 6.40. The summed E-state index contributed by atoms with van der Waals surface area (Å²) in [6.07, 6.45) is 0.949. The van der Waals surface area contributed by atoms with E-state index in [1.807, 2.05) is 12.1 Å². The van der Waals surface area contributed by atoms with Crippen molar-refractivity contribution in [3.63, 3.8) is 0 Å². The summed E-state index contributed by atoms with van der Waals surface area (Å²) >= 11 is 5.13. The van der Waals surface area contributed by atoms with Crippen molar-refractivity contribution in [3.05, 3.63) is 29.3 Å². The molecule has 0 radical (unpaired) electrons.